The van der Waals surface area contributed by atoms with E-state index in [4.69, 9.17) is 25.8 Å². The zero-order chi connectivity index (χ0) is 24.3. The van der Waals surface area contributed by atoms with E-state index in [2.05, 4.69) is 15.5 Å². The van der Waals surface area contributed by atoms with E-state index < -0.39 is 53.0 Å². The lowest BCUT2D eigenvalue weighted by Gasteiger charge is -2.26. The summed E-state index contributed by atoms with van der Waals surface area (Å²) in [6.07, 6.45) is -1.09. The van der Waals surface area contributed by atoms with E-state index in [1.165, 1.54) is 7.05 Å². The van der Waals surface area contributed by atoms with Gasteiger partial charge >= 0.3 is 17.9 Å². The molecule has 3 rings (SSSR count). The highest BCUT2D eigenvalue weighted by Crippen LogP contribution is 2.52. The summed E-state index contributed by atoms with van der Waals surface area (Å²) >= 11 is 6.35. The number of benzene rings is 1. The molecule has 0 saturated heterocycles. The third-order valence-corrected chi connectivity index (χ3v) is 5.84. The predicted octanol–water partition coefficient (Wildman–Crippen LogP) is 1.10. The Labute approximate surface area is 195 Å². The predicted molar refractivity (Wildman–Crippen MR) is 117 cm³/mol. The zero-order valence-electron chi connectivity index (χ0n) is 18.6. The fourth-order valence-electron chi connectivity index (χ4n) is 3.70. The van der Waals surface area contributed by atoms with Gasteiger partial charge in [-0.2, -0.15) is 0 Å². The molecule has 180 valence electrons. The monoisotopic (exact) mass is 483 g/mol. The molecule has 1 amide bonds. The van der Waals surface area contributed by atoms with Crippen LogP contribution < -0.4 is 24.8 Å². The normalized spacial score (nSPS) is 19.6. The Morgan fingerprint density at radius 2 is 1.67 bits per heavy atom. The van der Waals surface area contributed by atoms with Crippen molar-refractivity contribution >= 4 is 41.1 Å². The van der Waals surface area contributed by atoms with Crippen molar-refractivity contribution in [2.24, 2.45) is 0 Å². The Kier molecular flexibility index (Phi) is 7.45. The number of rotatable bonds is 8. The molecule has 12 heteroatoms. The Balaban J connectivity index is 2.05. The van der Waals surface area contributed by atoms with Crippen LogP contribution in [0.2, 0.25) is 5.02 Å². The van der Waals surface area contributed by atoms with Crippen LogP contribution in [0.4, 0.5) is 5.69 Å². The van der Waals surface area contributed by atoms with E-state index in [1.807, 2.05) is 13.8 Å². The largest absolute Gasteiger partial charge is 0.424 e. The average molecular weight is 484 g/mol. The highest BCUT2D eigenvalue weighted by atomic mass is 35.5. The first kappa shape index (κ1) is 24.7. The topological polar surface area (TPSA) is 144 Å². The number of nitrogens with zero attached hydrogens (tertiary/aromatic N) is 1. The maximum absolute atomic E-state index is 13.1. The summed E-state index contributed by atoms with van der Waals surface area (Å²) in [5, 5.41) is 15.6. The van der Waals surface area contributed by atoms with Crippen LogP contribution in [0.5, 0.6) is 17.2 Å². The number of ether oxygens (including phenoxy) is 3. The number of carbonyl (C=O) groups is 4. The molecule has 0 aliphatic carbocycles. The van der Waals surface area contributed by atoms with Gasteiger partial charge in [-0.25, -0.2) is 4.79 Å². The van der Waals surface area contributed by atoms with Crippen molar-refractivity contribution in [1.82, 2.24) is 10.2 Å². The van der Waals surface area contributed by atoms with Crippen molar-refractivity contribution in [3.63, 3.8) is 0 Å². The molecule has 1 unspecified atom stereocenters. The van der Waals surface area contributed by atoms with E-state index in [-0.39, 0.29) is 22.7 Å². The van der Waals surface area contributed by atoms with Crippen molar-refractivity contribution in [3.8, 4) is 17.2 Å². The van der Waals surface area contributed by atoms with Gasteiger partial charge in [0.1, 0.15) is 10.6 Å². The number of anilines is 1. The van der Waals surface area contributed by atoms with E-state index in [1.54, 1.807) is 0 Å². The van der Waals surface area contributed by atoms with Crippen LogP contribution >= 0.6 is 11.6 Å². The summed E-state index contributed by atoms with van der Waals surface area (Å²) in [7, 11) is 1.44. The fraction of sp³-hybridized carbons (Fsp3) is 0.524. The molecule has 33 heavy (non-hydrogen) atoms. The Hall–Kier alpha value is -2.89. The molecule has 1 aromatic rings. The van der Waals surface area contributed by atoms with Crippen molar-refractivity contribution in [3.05, 3.63) is 10.6 Å². The molecule has 0 aromatic heterocycles. The fourth-order valence-corrected chi connectivity index (χ4v) is 3.95. The second-order valence-electron chi connectivity index (χ2n) is 7.66. The SMILES string of the molecule is CCN(CC)CCCNC(=O)c1c(NC)c2c3c(Cl)c1OC(=O)CC(O)(CC(=O)O2)C(=O)O3. The van der Waals surface area contributed by atoms with Crippen molar-refractivity contribution in [1.29, 1.82) is 0 Å². The van der Waals surface area contributed by atoms with Crippen LogP contribution in [0.25, 0.3) is 0 Å². The third kappa shape index (κ3) is 4.90. The molecule has 2 aliphatic rings. The molecule has 2 aliphatic heterocycles. The average Bonchev–Trinajstić information content (AvgIpc) is 2.77. The highest BCUT2D eigenvalue weighted by Gasteiger charge is 2.48. The molecule has 0 radical (unpaired) electrons. The standard InChI is InChI=1S/C21H26ClN3O8/c1-4-25(5-2)8-6-7-24-19(28)13-15(23-3)18-17-14(22)16(13)31-11(26)9-21(30,20(29)33-17)10-12(27)32-18/h23,30H,4-10H2,1-3H3,(H,24,28). The second kappa shape index (κ2) is 9.94. The number of carbonyl (C=O) groups excluding carboxylic acids is 4. The molecule has 0 saturated carbocycles. The molecular weight excluding hydrogens is 458 g/mol. The molecule has 11 nitrogen and oxygen atoms in total. The van der Waals surface area contributed by atoms with Gasteiger partial charge in [0.15, 0.2) is 22.8 Å². The number of amides is 1. The van der Waals surface area contributed by atoms with Crippen LogP contribution in [-0.4, -0.2) is 72.6 Å². The van der Waals surface area contributed by atoms with Crippen LogP contribution in [0.15, 0.2) is 0 Å². The van der Waals surface area contributed by atoms with Crippen LogP contribution in [-0.2, 0) is 14.4 Å². The lowest BCUT2D eigenvalue weighted by atomic mass is 9.95. The van der Waals surface area contributed by atoms with Gasteiger partial charge in [-0.1, -0.05) is 25.4 Å². The molecule has 3 N–H and O–H groups in total. The zero-order valence-corrected chi connectivity index (χ0v) is 19.3. The van der Waals surface area contributed by atoms with Crippen molar-refractivity contribution < 1.29 is 38.5 Å². The summed E-state index contributed by atoms with van der Waals surface area (Å²) in [5.41, 5.74) is -2.77. The minimum atomic E-state index is -2.51. The lowest BCUT2D eigenvalue weighted by Crippen LogP contribution is -2.47. The summed E-state index contributed by atoms with van der Waals surface area (Å²) in [6.45, 7) is 6.93. The summed E-state index contributed by atoms with van der Waals surface area (Å²) < 4.78 is 15.8. The van der Waals surface area contributed by atoms with Crippen LogP contribution in [0.3, 0.4) is 0 Å². The Bertz CT molecular complexity index is 994. The Morgan fingerprint density at radius 3 is 2.24 bits per heavy atom. The first-order valence-corrected chi connectivity index (χ1v) is 11.0. The quantitative estimate of drug-likeness (QED) is 0.279. The van der Waals surface area contributed by atoms with Crippen molar-refractivity contribution in [2.75, 3.05) is 38.5 Å². The molecule has 0 fully saturated rings. The lowest BCUT2D eigenvalue weighted by molar-refractivity contribution is -0.168. The molecule has 2 heterocycles. The molecule has 0 spiro atoms. The van der Waals surface area contributed by atoms with Gasteiger partial charge in [-0.3, -0.25) is 14.4 Å². The number of nitrogens with one attached hydrogen (secondary N) is 2. The van der Waals surface area contributed by atoms with Crippen LogP contribution in [0.1, 0.15) is 43.5 Å². The van der Waals surface area contributed by atoms with E-state index in [0.29, 0.717) is 13.0 Å². The summed E-state index contributed by atoms with van der Waals surface area (Å²) in [6, 6.07) is 0. The van der Waals surface area contributed by atoms with Gasteiger partial charge in [-0.15, -0.1) is 0 Å². The molecular formula is C21H26ClN3O8. The van der Waals surface area contributed by atoms with Gasteiger partial charge in [0.2, 0.25) is 0 Å². The highest BCUT2D eigenvalue weighted by molar-refractivity contribution is 6.35. The molecule has 1 aromatic carbocycles. The molecule has 3 bridgehead atoms. The minimum absolute atomic E-state index is 0.0630. The van der Waals surface area contributed by atoms with E-state index in [0.717, 1.165) is 19.6 Å². The maximum atomic E-state index is 13.1. The number of esters is 3. The van der Waals surface area contributed by atoms with Crippen molar-refractivity contribution in [2.45, 2.75) is 38.7 Å². The summed E-state index contributed by atoms with van der Waals surface area (Å²) in [5.74, 6) is -5.14. The number of halogens is 1. The summed E-state index contributed by atoms with van der Waals surface area (Å²) in [4.78, 5) is 52.8. The first-order chi connectivity index (χ1) is 15.6. The number of hydrogen-bond acceptors (Lipinski definition) is 10. The third-order valence-electron chi connectivity index (χ3n) is 5.50. The minimum Gasteiger partial charge on any atom is -0.424 e. The van der Waals surface area contributed by atoms with Gasteiger partial charge in [-0.05, 0) is 26.1 Å². The van der Waals surface area contributed by atoms with E-state index in [9.17, 15) is 24.3 Å². The molecule has 1 atom stereocenters. The first-order valence-electron chi connectivity index (χ1n) is 10.6. The maximum Gasteiger partial charge on any atom is 0.344 e. The second-order valence-corrected chi connectivity index (χ2v) is 8.04. The number of hydrogen-bond donors (Lipinski definition) is 3. The Morgan fingerprint density at radius 1 is 1.06 bits per heavy atom. The van der Waals surface area contributed by atoms with E-state index >= 15 is 0 Å². The van der Waals surface area contributed by atoms with Gasteiger partial charge in [0, 0.05) is 13.6 Å². The van der Waals surface area contributed by atoms with Gasteiger partial charge < -0.3 is 34.9 Å². The van der Waals surface area contributed by atoms with Gasteiger partial charge in [0.25, 0.3) is 5.91 Å². The van der Waals surface area contributed by atoms with Crippen LogP contribution in [0, 0.1) is 0 Å². The van der Waals surface area contributed by atoms with Gasteiger partial charge in [0.05, 0.1) is 18.5 Å². The number of fused-ring (bicyclic) bond motifs is 3. The number of aliphatic hydroxyl groups is 1. The smallest absolute Gasteiger partial charge is 0.344 e.